The highest BCUT2D eigenvalue weighted by Crippen LogP contribution is 2.22. The van der Waals surface area contributed by atoms with Crippen LogP contribution in [0.5, 0.6) is 0 Å². The molecule has 1 rings (SSSR count). The van der Waals surface area contributed by atoms with Gasteiger partial charge in [-0.25, -0.2) is 0 Å². The van der Waals surface area contributed by atoms with Crippen LogP contribution in [0, 0.1) is 0 Å². The Bertz CT molecular complexity index is 250. The molecule has 1 atom stereocenters. The molecule has 1 saturated heterocycles. The molecule has 0 aliphatic carbocycles. The van der Waals surface area contributed by atoms with Crippen molar-refractivity contribution in [1.29, 1.82) is 0 Å². The van der Waals surface area contributed by atoms with Crippen LogP contribution in [0.25, 0.3) is 0 Å². The third-order valence-electron chi connectivity index (χ3n) is 4.97. The van der Waals surface area contributed by atoms with Gasteiger partial charge in [0, 0.05) is 14.8 Å². The van der Waals surface area contributed by atoms with E-state index in [1.807, 2.05) is 0 Å². The van der Waals surface area contributed by atoms with Gasteiger partial charge in [0.15, 0.2) is 0 Å². The molecule has 0 aromatic carbocycles. The molecule has 0 amide bonds. The number of hydrogen-bond acceptors (Lipinski definition) is 1. The summed E-state index contributed by atoms with van der Waals surface area (Å²) >= 11 is 0. The lowest BCUT2D eigenvalue weighted by Gasteiger charge is -2.33. The third kappa shape index (κ3) is 6.58. The molecule has 0 bridgehead atoms. The zero-order valence-electron chi connectivity index (χ0n) is 14.3. The summed E-state index contributed by atoms with van der Waals surface area (Å²) in [5, 5.41) is 0. The molecule has 0 aromatic heterocycles. The number of likely N-dealkylation sites (tertiary alicyclic amines) is 1. The van der Waals surface area contributed by atoms with Crippen molar-refractivity contribution in [2.45, 2.75) is 89.9 Å². The van der Waals surface area contributed by atoms with Crippen LogP contribution < -0.4 is 0 Å². The van der Waals surface area contributed by atoms with Crippen molar-refractivity contribution in [2.75, 3.05) is 13.1 Å². The molecule has 1 aliphatic rings. The SMILES string of the molecule is C=C(C[SiH](CCC)CCC)C(C)N1CCCCCCC1. The van der Waals surface area contributed by atoms with Gasteiger partial charge in [-0.1, -0.05) is 70.2 Å². The average molecular weight is 296 g/mol. The standard InChI is InChI=1S/C18H37NSi/c1-5-14-20(15-6-2)16-17(3)18(4)19-12-10-8-7-9-11-13-19/h18,20H,3,5-16H2,1-2,4H3. The van der Waals surface area contributed by atoms with E-state index < -0.39 is 8.80 Å². The Morgan fingerprint density at radius 2 is 1.50 bits per heavy atom. The Labute approximate surface area is 129 Å². The van der Waals surface area contributed by atoms with E-state index in [0.717, 1.165) is 0 Å². The van der Waals surface area contributed by atoms with E-state index in [9.17, 15) is 0 Å². The average Bonchev–Trinajstić information content (AvgIpc) is 2.38. The van der Waals surface area contributed by atoms with Crippen LogP contribution in [0.2, 0.25) is 18.1 Å². The first kappa shape index (κ1) is 18.0. The van der Waals surface area contributed by atoms with Crippen molar-refractivity contribution in [2.24, 2.45) is 0 Å². The van der Waals surface area contributed by atoms with Crippen LogP contribution in [-0.2, 0) is 0 Å². The maximum Gasteiger partial charge on any atom is 0.0409 e. The Hall–Kier alpha value is -0.0831. The predicted octanol–water partition coefficient (Wildman–Crippen LogP) is 5.24. The number of rotatable bonds is 8. The van der Waals surface area contributed by atoms with Gasteiger partial charge >= 0.3 is 0 Å². The van der Waals surface area contributed by atoms with Crippen molar-refractivity contribution in [3.8, 4) is 0 Å². The Balaban J connectivity index is 2.46. The van der Waals surface area contributed by atoms with Gasteiger partial charge in [-0.15, -0.1) is 0 Å². The molecule has 0 radical (unpaired) electrons. The molecular formula is C18H37NSi. The molecule has 0 N–H and O–H groups in total. The van der Waals surface area contributed by atoms with Crippen LogP contribution in [0.3, 0.4) is 0 Å². The summed E-state index contributed by atoms with van der Waals surface area (Å²) in [7, 11) is -0.548. The minimum absolute atomic E-state index is 0.548. The van der Waals surface area contributed by atoms with Crippen LogP contribution in [0.1, 0.15) is 65.7 Å². The summed E-state index contributed by atoms with van der Waals surface area (Å²) in [5.41, 5.74) is 1.55. The van der Waals surface area contributed by atoms with Gasteiger partial charge in [0.25, 0.3) is 0 Å². The van der Waals surface area contributed by atoms with Gasteiger partial charge in [0.2, 0.25) is 0 Å². The Kier molecular flexibility index (Phi) is 9.54. The van der Waals surface area contributed by atoms with Gasteiger partial charge in [0.05, 0.1) is 0 Å². The molecule has 1 heterocycles. The van der Waals surface area contributed by atoms with Crippen molar-refractivity contribution >= 4 is 8.80 Å². The zero-order valence-corrected chi connectivity index (χ0v) is 15.4. The molecule has 1 aliphatic heterocycles. The van der Waals surface area contributed by atoms with Gasteiger partial charge in [-0.05, 0) is 38.9 Å². The summed E-state index contributed by atoms with van der Waals surface area (Å²) < 4.78 is 0. The lowest BCUT2D eigenvalue weighted by Crippen LogP contribution is -2.37. The number of hydrogen-bond donors (Lipinski definition) is 0. The van der Waals surface area contributed by atoms with Gasteiger partial charge in [0.1, 0.15) is 0 Å². The highest BCUT2D eigenvalue weighted by Gasteiger charge is 2.20. The minimum atomic E-state index is -0.548. The minimum Gasteiger partial charge on any atom is -0.297 e. The molecular weight excluding hydrogens is 258 g/mol. The van der Waals surface area contributed by atoms with E-state index in [-0.39, 0.29) is 0 Å². The van der Waals surface area contributed by atoms with Crippen molar-refractivity contribution in [3.63, 3.8) is 0 Å². The summed E-state index contributed by atoms with van der Waals surface area (Å²) in [6.45, 7) is 14.2. The largest absolute Gasteiger partial charge is 0.297 e. The fourth-order valence-electron chi connectivity index (χ4n) is 3.62. The lowest BCUT2D eigenvalue weighted by molar-refractivity contribution is 0.212. The number of nitrogens with zero attached hydrogens (tertiary/aromatic N) is 1. The fraction of sp³-hybridized carbons (Fsp3) is 0.889. The normalized spacial score (nSPS) is 19.6. The molecule has 2 heteroatoms. The van der Waals surface area contributed by atoms with Crippen LogP contribution in [-0.4, -0.2) is 32.8 Å². The molecule has 0 saturated carbocycles. The van der Waals surface area contributed by atoms with E-state index in [2.05, 4.69) is 32.3 Å². The van der Waals surface area contributed by atoms with Gasteiger partial charge in [-0.2, -0.15) is 0 Å². The van der Waals surface area contributed by atoms with E-state index in [4.69, 9.17) is 0 Å². The van der Waals surface area contributed by atoms with E-state index >= 15 is 0 Å². The predicted molar refractivity (Wildman–Crippen MR) is 95.4 cm³/mol. The molecule has 118 valence electrons. The monoisotopic (exact) mass is 295 g/mol. The second kappa shape index (κ2) is 10.6. The Morgan fingerprint density at radius 3 is 2.00 bits per heavy atom. The molecule has 1 nitrogen and oxygen atoms in total. The first-order valence-electron chi connectivity index (χ1n) is 9.10. The smallest absolute Gasteiger partial charge is 0.0409 e. The second-order valence-corrected chi connectivity index (χ2v) is 10.1. The fourth-order valence-corrected chi connectivity index (χ4v) is 7.04. The maximum atomic E-state index is 4.48. The molecule has 0 spiro atoms. The highest BCUT2D eigenvalue weighted by atomic mass is 28.3. The Morgan fingerprint density at radius 1 is 1.00 bits per heavy atom. The van der Waals surface area contributed by atoms with Crippen LogP contribution in [0.15, 0.2) is 12.2 Å². The van der Waals surface area contributed by atoms with Crippen molar-refractivity contribution in [1.82, 2.24) is 4.90 Å². The maximum absolute atomic E-state index is 4.48. The quantitative estimate of drug-likeness (QED) is 0.437. The summed E-state index contributed by atoms with van der Waals surface area (Å²) in [6, 6.07) is 5.04. The third-order valence-corrected chi connectivity index (χ3v) is 8.86. The summed E-state index contributed by atoms with van der Waals surface area (Å²) in [4.78, 5) is 2.71. The van der Waals surface area contributed by atoms with E-state index in [1.54, 1.807) is 5.57 Å². The van der Waals surface area contributed by atoms with E-state index in [1.165, 1.54) is 76.2 Å². The van der Waals surface area contributed by atoms with Crippen molar-refractivity contribution < 1.29 is 0 Å². The lowest BCUT2D eigenvalue weighted by atomic mass is 10.0. The van der Waals surface area contributed by atoms with Crippen LogP contribution in [0.4, 0.5) is 0 Å². The summed E-state index contributed by atoms with van der Waals surface area (Å²) in [5.74, 6) is 0. The van der Waals surface area contributed by atoms with Crippen molar-refractivity contribution in [3.05, 3.63) is 12.2 Å². The first-order valence-corrected chi connectivity index (χ1v) is 11.6. The molecule has 1 fully saturated rings. The highest BCUT2D eigenvalue weighted by molar-refractivity contribution is 6.59. The molecule has 20 heavy (non-hydrogen) atoms. The molecule has 1 unspecified atom stereocenters. The zero-order chi connectivity index (χ0) is 14.8. The van der Waals surface area contributed by atoms with Gasteiger partial charge in [-0.3, -0.25) is 4.90 Å². The van der Waals surface area contributed by atoms with Gasteiger partial charge < -0.3 is 0 Å². The molecule has 0 aromatic rings. The second-order valence-electron chi connectivity index (χ2n) is 6.79. The summed E-state index contributed by atoms with van der Waals surface area (Å²) in [6.07, 6.45) is 9.85. The van der Waals surface area contributed by atoms with Crippen LogP contribution >= 0.6 is 0 Å². The first-order chi connectivity index (χ1) is 9.69. The topological polar surface area (TPSA) is 3.24 Å². The van der Waals surface area contributed by atoms with E-state index in [0.29, 0.717) is 6.04 Å².